The molecule has 0 fully saturated rings. The van der Waals surface area contributed by atoms with E-state index in [4.69, 9.17) is 0 Å². The van der Waals surface area contributed by atoms with Crippen LogP contribution in [0.15, 0.2) is 91.0 Å². The van der Waals surface area contributed by atoms with Gasteiger partial charge in [-0.25, -0.2) is 0 Å². The van der Waals surface area contributed by atoms with Crippen molar-refractivity contribution < 1.29 is 0 Å². The maximum absolute atomic E-state index is 3.95. The summed E-state index contributed by atoms with van der Waals surface area (Å²) in [5.74, 6) is 0. The molecule has 4 aromatic rings. The molecule has 0 heterocycles. The summed E-state index contributed by atoms with van der Waals surface area (Å²) in [5.41, 5.74) is 13.5. The first-order valence-electron chi connectivity index (χ1n) is 13.6. The Kier molecular flexibility index (Phi) is 6.05. The van der Waals surface area contributed by atoms with E-state index in [1.165, 1.54) is 76.5 Å². The largest absolute Gasteiger partial charge is 0.0801 e. The number of benzene rings is 4. The number of hydrogen-bond acceptors (Lipinski definition) is 0. The Labute approximate surface area is 220 Å². The maximum atomic E-state index is 3.95. The first-order valence-corrected chi connectivity index (χ1v) is 13.6. The Hall–Kier alpha value is -3.90. The first-order chi connectivity index (χ1) is 18.1. The Morgan fingerprint density at radius 3 is 2.00 bits per heavy atom. The number of aryl methyl sites for hydroxylation is 1. The van der Waals surface area contributed by atoms with Crippen LogP contribution < -0.4 is 10.4 Å². The van der Waals surface area contributed by atoms with Gasteiger partial charge in [0.2, 0.25) is 0 Å². The Bertz CT molecular complexity index is 1760. The van der Waals surface area contributed by atoms with Crippen molar-refractivity contribution in [2.75, 3.05) is 0 Å². The van der Waals surface area contributed by atoms with Crippen LogP contribution in [0.5, 0.6) is 0 Å². The fourth-order valence-electron chi connectivity index (χ4n) is 6.47. The van der Waals surface area contributed by atoms with Crippen molar-refractivity contribution >= 4 is 17.2 Å². The van der Waals surface area contributed by atoms with E-state index in [0.29, 0.717) is 0 Å². The van der Waals surface area contributed by atoms with Gasteiger partial charge in [-0.3, -0.25) is 0 Å². The van der Waals surface area contributed by atoms with Gasteiger partial charge in [-0.2, -0.15) is 0 Å². The van der Waals surface area contributed by atoms with E-state index >= 15 is 0 Å². The summed E-state index contributed by atoms with van der Waals surface area (Å²) in [6.07, 6.45) is 13.8. The molecule has 4 aromatic carbocycles. The molecular weight excluding hydrogens is 444 g/mol. The Balaban J connectivity index is 1.92. The molecule has 0 unspecified atom stereocenters. The van der Waals surface area contributed by atoms with E-state index in [1.807, 2.05) is 0 Å². The van der Waals surface area contributed by atoms with Crippen molar-refractivity contribution in [2.24, 2.45) is 0 Å². The molecule has 0 N–H and O–H groups in total. The van der Waals surface area contributed by atoms with E-state index in [2.05, 4.69) is 125 Å². The summed E-state index contributed by atoms with van der Waals surface area (Å²) in [7, 11) is 0. The molecule has 0 aromatic heterocycles. The standard InChI is InChI=1S/C37H33/c1-5-30-25(4)34(26-19-13-14-20-26)33-23-29-21-24(3)22-32(36(29)37(33)31(30)6-2)35(27-15-9-7-10-16-27)28-17-11-8-12-18-28/h7-19,21-22H,5-6,20H2,1-4H3. The lowest BCUT2D eigenvalue weighted by Crippen LogP contribution is -2.19. The molecule has 0 bridgehead atoms. The van der Waals surface area contributed by atoms with Crippen LogP contribution in [0.25, 0.3) is 17.2 Å². The van der Waals surface area contributed by atoms with Gasteiger partial charge in [0.1, 0.15) is 0 Å². The number of fused-ring (bicyclic) bond motifs is 2. The number of rotatable bonds is 5. The lowest BCUT2D eigenvalue weighted by molar-refractivity contribution is 0.995. The molecule has 0 atom stereocenters. The molecule has 0 aliphatic heterocycles. The van der Waals surface area contributed by atoms with E-state index in [1.54, 1.807) is 0 Å². The number of allylic oxidation sites excluding steroid dienone is 4. The van der Waals surface area contributed by atoms with E-state index in [-0.39, 0.29) is 0 Å². The zero-order valence-corrected chi connectivity index (χ0v) is 22.3. The lowest BCUT2D eigenvalue weighted by Gasteiger charge is -2.18. The van der Waals surface area contributed by atoms with Gasteiger partial charge in [0.25, 0.3) is 0 Å². The van der Waals surface area contributed by atoms with Gasteiger partial charge in [-0.15, -0.1) is 0 Å². The molecule has 0 saturated heterocycles. The minimum atomic E-state index is 0.997. The normalized spacial score (nSPS) is 13.2. The average molecular weight is 478 g/mol. The fraction of sp³-hybridized carbons (Fsp3) is 0.189. The smallest absolute Gasteiger partial charge is 0.000699 e. The van der Waals surface area contributed by atoms with Crippen molar-refractivity contribution in [1.29, 1.82) is 0 Å². The zero-order valence-electron chi connectivity index (χ0n) is 22.3. The summed E-state index contributed by atoms with van der Waals surface area (Å²) in [5, 5.41) is 5.36. The maximum Gasteiger partial charge on any atom is -0.000699 e. The zero-order chi connectivity index (χ0) is 25.5. The van der Waals surface area contributed by atoms with Gasteiger partial charge in [-0.05, 0) is 116 Å². The van der Waals surface area contributed by atoms with Gasteiger partial charge in [-0.1, -0.05) is 105 Å². The van der Waals surface area contributed by atoms with Crippen molar-refractivity contribution in [3.8, 4) is 0 Å². The second kappa shape index (κ2) is 9.52. The summed E-state index contributed by atoms with van der Waals surface area (Å²) in [6, 6.07) is 26.5. The van der Waals surface area contributed by atoms with Crippen LogP contribution in [-0.4, -0.2) is 0 Å². The molecule has 2 aliphatic carbocycles. The highest BCUT2D eigenvalue weighted by Crippen LogP contribution is 2.30. The predicted octanol–water partition coefficient (Wildman–Crippen LogP) is 7.33. The molecule has 0 spiro atoms. The molecule has 0 heteroatoms. The molecule has 181 valence electrons. The quantitative estimate of drug-likeness (QED) is 0.249. The Morgan fingerprint density at radius 1 is 0.784 bits per heavy atom. The van der Waals surface area contributed by atoms with Crippen molar-refractivity contribution in [2.45, 2.75) is 47.0 Å². The molecule has 0 saturated carbocycles. The van der Waals surface area contributed by atoms with Crippen molar-refractivity contribution in [1.82, 2.24) is 0 Å². The summed E-state index contributed by atoms with van der Waals surface area (Å²) in [4.78, 5) is 0. The second-order valence-corrected chi connectivity index (χ2v) is 10.2. The molecule has 2 aliphatic rings. The third kappa shape index (κ3) is 3.83. The Morgan fingerprint density at radius 2 is 1.43 bits per heavy atom. The van der Waals surface area contributed by atoms with Gasteiger partial charge in [0, 0.05) is 0 Å². The third-order valence-electron chi connectivity index (χ3n) is 7.98. The fourth-order valence-corrected chi connectivity index (χ4v) is 6.47. The van der Waals surface area contributed by atoms with Gasteiger partial charge in [0.15, 0.2) is 0 Å². The second-order valence-electron chi connectivity index (χ2n) is 10.2. The SMILES string of the molecule is CCc1c(C)c(C2=CC=CC2)c2c(c1CC)=c1c(cc(C)cc1=C(c1ccccc1)c1ccccc1)[C]=2. The van der Waals surface area contributed by atoms with E-state index in [0.717, 1.165) is 19.3 Å². The molecule has 6 rings (SSSR count). The molecule has 0 amide bonds. The first kappa shape index (κ1) is 23.5. The molecular formula is C37H33. The lowest BCUT2D eigenvalue weighted by atomic mass is 9.86. The number of hydrogen-bond donors (Lipinski definition) is 0. The monoisotopic (exact) mass is 477 g/mol. The van der Waals surface area contributed by atoms with Gasteiger partial charge >= 0.3 is 0 Å². The van der Waals surface area contributed by atoms with Gasteiger partial charge in [0.05, 0.1) is 0 Å². The predicted molar refractivity (Wildman–Crippen MR) is 157 cm³/mol. The van der Waals surface area contributed by atoms with Gasteiger partial charge < -0.3 is 0 Å². The van der Waals surface area contributed by atoms with Crippen molar-refractivity contribution in [3.63, 3.8) is 0 Å². The van der Waals surface area contributed by atoms with E-state index in [9.17, 15) is 0 Å². The highest BCUT2D eigenvalue weighted by Gasteiger charge is 2.21. The van der Waals surface area contributed by atoms with Crippen LogP contribution in [0.4, 0.5) is 0 Å². The van der Waals surface area contributed by atoms with Crippen LogP contribution in [-0.2, 0) is 12.8 Å². The topological polar surface area (TPSA) is 0 Å². The molecule has 1 radical (unpaired) electrons. The minimum Gasteiger partial charge on any atom is -0.0801 e. The van der Waals surface area contributed by atoms with Crippen LogP contribution in [0.1, 0.15) is 64.8 Å². The van der Waals surface area contributed by atoms with E-state index < -0.39 is 0 Å². The van der Waals surface area contributed by atoms with Crippen molar-refractivity contribution in [3.05, 3.63) is 156 Å². The minimum absolute atomic E-state index is 0.997. The molecule has 37 heavy (non-hydrogen) atoms. The average Bonchev–Trinajstić information content (AvgIpc) is 3.57. The third-order valence-corrected chi connectivity index (χ3v) is 7.98. The highest BCUT2D eigenvalue weighted by atomic mass is 14.2. The summed E-state index contributed by atoms with van der Waals surface area (Å²) >= 11 is 0. The molecule has 0 nitrogen and oxygen atoms in total. The van der Waals surface area contributed by atoms with Crippen LogP contribution >= 0.6 is 0 Å². The summed E-state index contributed by atoms with van der Waals surface area (Å²) in [6.45, 7) is 9.17. The van der Waals surface area contributed by atoms with Crippen LogP contribution in [0.3, 0.4) is 0 Å². The highest BCUT2D eigenvalue weighted by molar-refractivity contribution is 5.82. The summed E-state index contributed by atoms with van der Waals surface area (Å²) < 4.78 is 0. The van der Waals surface area contributed by atoms with Crippen LogP contribution in [0, 0.1) is 24.3 Å². The van der Waals surface area contributed by atoms with Crippen LogP contribution in [0.2, 0.25) is 0 Å².